The van der Waals surface area contributed by atoms with Crippen molar-refractivity contribution in [3.05, 3.63) is 34.5 Å². The van der Waals surface area contributed by atoms with Crippen molar-refractivity contribution < 1.29 is 31.5 Å². The van der Waals surface area contributed by atoms with Gasteiger partial charge in [-0.15, -0.1) is 11.3 Å². The second-order valence-electron chi connectivity index (χ2n) is 5.83. The van der Waals surface area contributed by atoms with Crippen molar-refractivity contribution in [2.24, 2.45) is 0 Å². The summed E-state index contributed by atoms with van der Waals surface area (Å²) in [5.74, 6) is 0.571. The molecule has 0 radical (unpaired) electrons. The summed E-state index contributed by atoms with van der Waals surface area (Å²) in [4.78, 5) is 12.7. The summed E-state index contributed by atoms with van der Waals surface area (Å²) in [6.07, 6.45) is 0. The van der Waals surface area contributed by atoms with E-state index in [0.29, 0.717) is 24.6 Å². The quantitative estimate of drug-likeness (QED) is 0.677. The van der Waals surface area contributed by atoms with Gasteiger partial charge in [0.05, 0.1) is 7.11 Å². The maximum atomic E-state index is 12.9. The monoisotopic (exact) mass is 464 g/mol. The van der Waals surface area contributed by atoms with Crippen LogP contribution in [-0.2, 0) is 10.0 Å². The van der Waals surface area contributed by atoms with Crippen molar-refractivity contribution >= 4 is 44.7 Å². The van der Waals surface area contributed by atoms with Crippen LogP contribution in [0.4, 0.5) is 14.5 Å². The molecule has 29 heavy (non-hydrogen) atoms. The van der Waals surface area contributed by atoms with Gasteiger partial charge in [-0.25, -0.2) is 8.42 Å². The number of rotatable bonds is 7. The highest BCUT2D eigenvalue weighted by atomic mass is 32.2. The first kappa shape index (κ1) is 21.8. The molecule has 0 aliphatic carbocycles. The summed E-state index contributed by atoms with van der Waals surface area (Å²) < 4.78 is 61.7. The van der Waals surface area contributed by atoms with Crippen molar-refractivity contribution in [3.8, 4) is 11.5 Å². The number of hydrogen-bond acceptors (Lipinski definition) is 7. The van der Waals surface area contributed by atoms with Crippen LogP contribution >= 0.6 is 23.1 Å². The number of thioether (sulfide) groups is 1. The molecule has 1 aromatic heterocycles. The number of sulfonamides is 1. The number of amides is 1. The van der Waals surface area contributed by atoms with Crippen molar-refractivity contribution in [2.75, 3.05) is 37.0 Å². The lowest BCUT2D eigenvalue weighted by molar-refractivity contribution is -0.0511. The summed E-state index contributed by atoms with van der Waals surface area (Å²) in [7, 11) is -2.50. The summed E-state index contributed by atoms with van der Waals surface area (Å²) in [6.45, 7) is -2.29. The molecule has 1 saturated heterocycles. The minimum atomic E-state index is -3.80. The standard InChI is InChI=1S/C17H18F2N2O5S3/c1-25-12-3-2-11(10-13(12)26-17(18)19)20-16(22)15-14(4-7-28-15)29(23,24)21-5-8-27-9-6-21/h2-4,7,10,17H,5-6,8-9H2,1H3,(H,20,22). The summed E-state index contributed by atoms with van der Waals surface area (Å²) >= 11 is 2.67. The summed E-state index contributed by atoms with van der Waals surface area (Å²) in [5, 5.41) is 4.06. The van der Waals surface area contributed by atoms with Crippen molar-refractivity contribution in [1.29, 1.82) is 0 Å². The van der Waals surface area contributed by atoms with E-state index in [1.807, 2.05) is 0 Å². The third kappa shape index (κ3) is 5.00. The molecule has 2 aromatic rings. The lowest BCUT2D eigenvalue weighted by atomic mass is 10.2. The number of carbonyl (C=O) groups excluding carboxylic acids is 1. The highest BCUT2D eigenvalue weighted by Gasteiger charge is 2.31. The number of ether oxygens (including phenoxy) is 2. The number of alkyl halides is 2. The van der Waals surface area contributed by atoms with E-state index >= 15 is 0 Å². The Kier molecular flexibility index (Phi) is 6.98. The van der Waals surface area contributed by atoms with E-state index in [1.165, 1.54) is 41.1 Å². The van der Waals surface area contributed by atoms with Crippen molar-refractivity contribution in [1.82, 2.24) is 4.31 Å². The van der Waals surface area contributed by atoms with E-state index in [-0.39, 0.29) is 27.0 Å². The Hall–Kier alpha value is -1.89. The highest BCUT2D eigenvalue weighted by molar-refractivity contribution is 7.99. The molecule has 2 heterocycles. The SMILES string of the molecule is COc1ccc(NC(=O)c2sccc2S(=O)(=O)N2CCSCC2)cc1OC(F)F. The van der Waals surface area contributed by atoms with E-state index < -0.39 is 22.5 Å². The van der Waals surface area contributed by atoms with Gasteiger partial charge in [0, 0.05) is 36.3 Å². The lowest BCUT2D eigenvalue weighted by Gasteiger charge is -2.25. The zero-order valence-corrected chi connectivity index (χ0v) is 17.7. The molecule has 1 fully saturated rings. The molecule has 1 aromatic carbocycles. The Labute approximate surface area is 175 Å². The Balaban J connectivity index is 1.83. The second kappa shape index (κ2) is 9.28. The van der Waals surface area contributed by atoms with Gasteiger partial charge in [-0.1, -0.05) is 0 Å². The van der Waals surface area contributed by atoms with E-state index in [4.69, 9.17) is 4.74 Å². The van der Waals surface area contributed by atoms with Gasteiger partial charge in [0.15, 0.2) is 11.5 Å². The summed E-state index contributed by atoms with van der Waals surface area (Å²) in [6, 6.07) is 5.39. The predicted molar refractivity (Wildman–Crippen MR) is 108 cm³/mol. The van der Waals surface area contributed by atoms with Crippen LogP contribution in [0.2, 0.25) is 0 Å². The fourth-order valence-electron chi connectivity index (χ4n) is 2.72. The second-order valence-corrected chi connectivity index (χ2v) is 9.88. The van der Waals surface area contributed by atoms with E-state index in [0.717, 1.165) is 11.3 Å². The number of benzene rings is 1. The third-order valence-electron chi connectivity index (χ3n) is 4.06. The number of nitrogens with zero attached hydrogens (tertiary/aromatic N) is 1. The van der Waals surface area contributed by atoms with Gasteiger partial charge in [-0.3, -0.25) is 4.79 Å². The molecule has 3 rings (SSSR count). The Morgan fingerprint density at radius 2 is 1.93 bits per heavy atom. The Morgan fingerprint density at radius 1 is 1.21 bits per heavy atom. The minimum absolute atomic E-state index is 0.0235. The Morgan fingerprint density at radius 3 is 2.59 bits per heavy atom. The number of anilines is 1. The van der Waals surface area contributed by atoms with Crippen LogP contribution in [0.25, 0.3) is 0 Å². The molecule has 0 spiro atoms. The van der Waals surface area contributed by atoms with Crippen LogP contribution in [0.5, 0.6) is 11.5 Å². The van der Waals surface area contributed by atoms with Crippen molar-refractivity contribution in [3.63, 3.8) is 0 Å². The molecule has 0 atom stereocenters. The van der Waals surface area contributed by atoms with Crippen molar-refractivity contribution in [2.45, 2.75) is 11.5 Å². The van der Waals surface area contributed by atoms with Gasteiger partial charge in [0.2, 0.25) is 10.0 Å². The van der Waals surface area contributed by atoms with Crippen LogP contribution < -0.4 is 14.8 Å². The number of hydrogen-bond donors (Lipinski definition) is 1. The average molecular weight is 465 g/mol. The lowest BCUT2D eigenvalue weighted by Crippen LogP contribution is -2.38. The molecule has 158 valence electrons. The summed E-state index contributed by atoms with van der Waals surface area (Å²) in [5.41, 5.74) is 0.164. The number of thiophene rings is 1. The molecule has 1 aliphatic heterocycles. The topological polar surface area (TPSA) is 84.9 Å². The predicted octanol–water partition coefficient (Wildman–Crippen LogP) is 3.35. The van der Waals surface area contributed by atoms with Crippen LogP contribution in [-0.4, -0.2) is 56.9 Å². The molecule has 0 bridgehead atoms. The molecule has 1 amide bonds. The first-order valence-electron chi connectivity index (χ1n) is 8.42. The van der Waals surface area contributed by atoms with E-state index in [2.05, 4.69) is 10.1 Å². The van der Waals surface area contributed by atoms with Gasteiger partial charge in [-0.2, -0.15) is 24.8 Å². The zero-order chi connectivity index (χ0) is 21.0. The zero-order valence-electron chi connectivity index (χ0n) is 15.3. The van der Waals surface area contributed by atoms with Gasteiger partial charge in [0.1, 0.15) is 9.77 Å². The fourth-order valence-corrected chi connectivity index (χ4v) is 6.59. The Bertz CT molecular complexity index is 975. The molecule has 1 aliphatic rings. The number of halogens is 2. The number of nitrogens with one attached hydrogen (secondary N) is 1. The van der Waals surface area contributed by atoms with Gasteiger partial charge in [-0.05, 0) is 23.6 Å². The van der Waals surface area contributed by atoms with Gasteiger partial charge >= 0.3 is 6.61 Å². The van der Waals surface area contributed by atoms with Crippen LogP contribution in [0.15, 0.2) is 34.5 Å². The van der Waals surface area contributed by atoms with Crippen LogP contribution in [0, 0.1) is 0 Å². The normalized spacial score (nSPS) is 15.3. The maximum Gasteiger partial charge on any atom is 0.387 e. The molecule has 1 N–H and O–H groups in total. The molecule has 12 heteroatoms. The fraction of sp³-hybridized carbons (Fsp3) is 0.353. The smallest absolute Gasteiger partial charge is 0.387 e. The first-order chi connectivity index (χ1) is 13.8. The minimum Gasteiger partial charge on any atom is -0.493 e. The van der Waals surface area contributed by atoms with E-state index in [9.17, 15) is 22.0 Å². The molecular formula is C17H18F2N2O5S3. The largest absolute Gasteiger partial charge is 0.493 e. The van der Waals surface area contributed by atoms with E-state index in [1.54, 1.807) is 11.8 Å². The number of carbonyl (C=O) groups is 1. The first-order valence-corrected chi connectivity index (χ1v) is 11.9. The van der Waals surface area contributed by atoms with Crippen LogP contribution in [0.1, 0.15) is 9.67 Å². The molecular weight excluding hydrogens is 446 g/mol. The van der Waals surface area contributed by atoms with Gasteiger partial charge < -0.3 is 14.8 Å². The molecule has 0 saturated carbocycles. The molecule has 0 unspecified atom stereocenters. The average Bonchev–Trinajstić information content (AvgIpc) is 3.19. The highest BCUT2D eigenvalue weighted by Crippen LogP contribution is 2.33. The third-order valence-corrected chi connectivity index (χ3v) is 7.99. The molecule has 7 nitrogen and oxygen atoms in total. The van der Waals surface area contributed by atoms with Gasteiger partial charge in [0.25, 0.3) is 5.91 Å². The maximum absolute atomic E-state index is 12.9. The van der Waals surface area contributed by atoms with Crippen LogP contribution in [0.3, 0.4) is 0 Å². The number of methoxy groups -OCH3 is 1.